The molecular formula is C11H12F4N2O. The Morgan fingerprint density at radius 3 is 2.39 bits per heavy atom. The Labute approximate surface area is 101 Å². The normalized spacial score (nSPS) is 19.2. The number of hydrogen-bond donors (Lipinski definition) is 1. The Morgan fingerprint density at radius 2 is 1.83 bits per heavy atom. The first-order valence-electron chi connectivity index (χ1n) is 5.65. The fourth-order valence-corrected chi connectivity index (χ4v) is 1.87. The van der Waals surface area contributed by atoms with Crippen LogP contribution in [0.5, 0.6) is 0 Å². The third-order valence-corrected chi connectivity index (χ3v) is 2.79. The second kappa shape index (κ2) is 5.51. The number of hydrogen-bond acceptors (Lipinski definition) is 3. The molecule has 0 aliphatic carbocycles. The summed E-state index contributed by atoms with van der Waals surface area (Å²) in [6.07, 6.45) is 2.38. The van der Waals surface area contributed by atoms with E-state index < -0.39 is 29.2 Å². The van der Waals surface area contributed by atoms with Crippen LogP contribution >= 0.6 is 0 Å². The van der Waals surface area contributed by atoms with Crippen LogP contribution in [-0.2, 0) is 4.74 Å². The third-order valence-electron chi connectivity index (χ3n) is 2.79. The minimum Gasteiger partial charge on any atom is -0.380 e. The van der Waals surface area contributed by atoms with E-state index in [9.17, 15) is 17.6 Å². The van der Waals surface area contributed by atoms with Gasteiger partial charge in [0, 0.05) is 13.2 Å². The van der Waals surface area contributed by atoms with Gasteiger partial charge in [-0.25, -0.2) is 0 Å². The van der Waals surface area contributed by atoms with E-state index in [4.69, 9.17) is 4.74 Å². The van der Waals surface area contributed by atoms with Crippen LogP contribution in [0.15, 0.2) is 0 Å². The van der Waals surface area contributed by atoms with E-state index in [1.54, 1.807) is 0 Å². The van der Waals surface area contributed by atoms with Gasteiger partial charge in [0.2, 0.25) is 11.6 Å². The molecule has 0 spiro atoms. The summed E-state index contributed by atoms with van der Waals surface area (Å²) in [7, 11) is 0. The molecule has 100 valence electrons. The second-order valence-corrected chi connectivity index (χ2v) is 4.05. The van der Waals surface area contributed by atoms with Crippen LogP contribution in [0.1, 0.15) is 19.3 Å². The predicted molar refractivity (Wildman–Crippen MR) is 56.1 cm³/mol. The quantitative estimate of drug-likeness (QED) is 0.670. The lowest BCUT2D eigenvalue weighted by Gasteiger charge is -2.12. The number of nitrogens with zero attached hydrogens (tertiary/aromatic N) is 1. The minimum atomic E-state index is -1.66. The Balaban J connectivity index is 1.99. The lowest BCUT2D eigenvalue weighted by Crippen LogP contribution is -2.15. The molecule has 7 heteroatoms. The summed E-state index contributed by atoms with van der Waals surface area (Å²) in [4.78, 5) is 2.47. The molecule has 1 fully saturated rings. The maximum Gasteiger partial charge on any atom is 0.253 e. The number of rotatable bonds is 4. The van der Waals surface area contributed by atoms with Gasteiger partial charge >= 0.3 is 0 Å². The van der Waals surface area contributed by atoms with Crippen LogP contribution in [0.2, 0.25) is 0 Å². The lowest BCUT2D eigenvalue weighted by atomic mass is 10.2. The molecule has 1 unspecified atom stereocenters. The molecule has 0 radical (unpaired) electrons. The Morgan fingerprint density at radius 1 is 1.17 bits per heavy atom. The summed E-state index contributed by atoms with van der Waals surface area (Å²) in [5.74, 6) is -6.34. The van der Waals surface area contributed by atoms with Gasteiger partial charge in [0.05, 0.1) is 6.10 Å². The topological polar surface area (TPSA) is 34.2 Å². The third kappa shape index (κ3) is 2.72. The van der Waals surface area contributed by atoms with Gasteiger partial charge in [-0.05, 0) is 19.3 Å². The fourth-order valence-electron chi connectivity index (χ4n) is 1.87. The molecule has 1 aliphatic heterocycles. The molecule has 1 aromatic rings. The summed E-state index contributed by atoms with van der Waals surface area (Å²) in [6.45, 7) is 0.841. The van der Waals surface area contributed by atoms with Crippen molar-refractivity contribution in [3.8, 4) is 0 Å². The van der Waals surface area contributed by atoms with Crippen molar-refractivity contribution in [3.05, 3.63) is 23.5 Å². The standard InChI is InChI=1S/C11H12F4N2O/c12-7-9(8(13)11(15)17-10(7)14)16-4-3-6-2-1-5-18-6/h6H,1-5H2,(H,16,17). The zero-order valence-corrected chi connectivity index (χ0v) is 9.48. The van der Waals surface area contributed by atoms with E-state index in [1.165, 1.54) is 0 Å². The van der Waals surface area contributed by atoms with E-state index >= 15 is 0 Å². The maximum absolute atomic E-state index is 13.2. The number of halogens is 4. The molecule has 2 rings (SSSR count). The summed E-state index contributed by atoms with van der Waals surface area (Å²) < 4.78 is 57.3. The second-order valence-electron chi connectivity index (χ2n) is 4.05. The van der Waals surface area contributed by atoms with Crippen molar-refractivity contribution in [2.24, 2.45) is 0 Å². The van der Waals surface area contributed by atoms with Crippen LogP contribution in [0, 0.1) is 23.5 Å². The van der Waals surface area contributed by atoms with E-state index in [0.29, 0.717) is 13.0 Å². The van der Waals surface area contributed by atoms with Gasteiger partial charge in [-0.2, -0.15) is 22.5 Å². The fraction of sp³-hybridized carbons (Fsp3) is 0.545. The predicted octanol–water partition coefficient (Wildman–Crippen LogP) is 2.62. The number of aromatic nitrogens is 1. The summed E-state index contributed by atoms with van der Waals surface area (Å²) in [5.41, 5.74) is -0.821. The molecule has 1 saturated heterocycles. The first kappa shape index (κ1) is 13.1. The average Bonchev–Trinajstić information content (AvgIpc) is 2.84. The Kier molecular flexibility index (Phi) is 4.00. The molecule has 3 nitrogen and oxygen atoms in total. The molecule has 1 aliphatic rings. The van der Waals surface area contributed by atoms with Gasteiger partial charge < -0.3 is 10.1 Å². The zero-order chi connectivity index (χ0) is 13.1. The van der Waals surface area contributed by atoms with Crippen molar-refractivity contribution in [2.75, 3.05) is 18.5 Å². The molecule has 1 atom stereocenters. The molecule has 0 saturated carbocycles. The van der Waals surface area contributed by atoms with Gasteiger partial charge in [0.15, 0.2) is 0 Å². The Bertz CT molecular complexity index is 409. The summed E-state index contributed by atoms with van der Waals surface area (Å²) in [5, 5.41) is 2.34. The number of nitrogens with one attached hydrogen (secondary N) is 1. The summed E-state index contributed by atoms with van der Waals surface area (Å²) in [6, 6.07) is 0. The molecule has 2 heterocycles. The molecule has 0 amide bonds. The largest absolute Gasteiger partial charge is 0.380 e. The molecule has 18 heavy (non-hydrogen) atoms. The van der Waals surface area contributed by atoms with Gasteiger partial charge in [-0.15, -0.1) is 0 Å². The minimum absolute atomic E-state index is 0.0279. The number of anilines is 1. The van der Waals surface area contributed by atoms with Gasteiger partial charge in [0.25, 0.3) is 11.9 Å². The van der Waals surface area contributed by atoms with E-state index in [2.05, 4.69) is 10.3 Å². The van der Waals surface area contributed by atoms with E-state index in [0.717, 1.165) is 12.8 Å². The highest BCUT2D eigenvalue weighted by Gasteiger charge is 2.21. The highest BCUT2D eigenvalue weighted by molar-refractivity contribution is 5.45. The first-order valence-corrected chi connectivity index (χ1v) is 5.65. The SMILES string of the molecule is Fc1nc(F)c(F)c(NCCC2CCCO2)c1F. The van der Waals surface area contributed by atoms with Crippen LogP contribution in [-0.4, -0.2) is 24.2 Å². The van der Waals surface area contributed by atoms with Crippen molar-refractivity contribution in [1.29, 1.82) is 0 Å². The summed E-state index contributed by atoms with van der Waals surface area (Å²) >= 11 is 0. The van der Waals surface area contributed by atoms with Crippen LogP contribution in [0.25, 0.3) is 0 Å². The van der Waals surface area contributed by atoms with Crippen molar-refractivity contribution in [2.45, 2.75) is 25.4 Å². The maximum atomic E-state index is 13.2. The number of pyridine rings is 1. The van der Waals surface area contributed by atoms with Crippen molar-refractivity contribution >= 4 is 5.69 Å². The monoisotopic (exact) mass is 264 g/mol. The molecule has 1 N–H and O–H groups in total. The van der Waals surface area contributed by atoms with Gasteiger partial charge in [-0.1, -0.05) is 0 Å². The van der Waals surface area contributed by atoms with Crippen molar-refractivity contribution in [3.63, 3.8) is 0 Å². The van der Waals surface area contributed by atoms with Crippen LogP contribution < -0.4 is 5.32 Å². The van der Waals surface area contributed by atoms with Crippen LogP contribution in [0.3, 0.4) is 0 Å². The lowest BCUT2D eigenvalue weighted by molar-refractivity contribution is 0.107. The highest BCUT2D eigenvalue weighted by atomic mass is 19.2. The first-order chi connectivity index (χ1) is 8.59. The van der Waals surface area contributed by atoms with Crippen molar-refractivity contribution in [1.82, 2.24) is 4.98 Å². The smallest absolute Gasteiger partial charge is 0.253 e. The average molecular weight is 264 g/mol. The molecule has 0 bridgehead atoms. The van der Waals surface area contributed by atoms with Crippen LogP contribution in [0.4, 0.5) is 23.2 Å². The highest BCUT2D eigenvalue weighted by Crippen LogP contribution is 2.22. The number of ether oxygens (including phenoxy) is 1. The molecular weight excluding hydrogens is 252 g/mol. The van der Waals surface area contributed by atoms with Crippen molar-refractivity contribution < 1.29 is 22.3 Å². The zero-order valence-electron chi connectivity index (χ0n) is 9.48. The Hall–Kier alpha value is -1.37. The molecule has 0 aromatic carbocycles. The van der Waals surface area contributed by atoms with E-state index in [1.807, 2.05) is 0 Å². The van der Waals surface area contributed by atoms with E-state index in [-0.39, 0.29) is 12.6 Å². The van der Waals surface area contributed by atoms with Gasteiger partial charge in [-0.3, -0.25) is 0 Å². The molecule has 1 aromatic heterocycles. The van der Waals surface area contributed by atoms with Gasteiger partial charge in [0.1, 0.15) is 5.69 Å².